The van der Waals surface area contributed by atoms with Crippen molar-refractivity contribution in [1.82, 2.24) is 9.88 Å². The number of pyridine rings is 1. The third-order valence-electron chi connectivity index (χ3n) is 4.33. The Hall–Kier alpha value is -3.09. The lowest BCUT2D eigenvalue weighted by molar-refractivity contribution is -0.133. The molecule has 1 amide bonds. The van der Waals surface area contributed by atoms with Crippen LogP contribution in [0.2, 0.25) is 0 Å². The number of aromatic nitrogens is 1. The molecule has 1 aromatic heterocycles. The van der Waals surface area contributed by atoms with Crippen LogP contribution in [-0.4, -0.2) is 59.7 Å². The molecule has 1 N–H and O–H groups in total. The van der Waals surface area contributed by atoms with E-state index in [4.69, 9.17) is 9.84 Å². The Morgan fingerprint density at radius 1 is 1.08 bits per heavy atom. The fourth-order valence-corrected chi connectivity index (χ4v) is 2.76. The molecule has 0 saturated carbocycles. The largest absolute Gasteiger partial charge is 0.484 e. The summed E-state index contributed by atoms with van der Waals surface area (Å²) in [5.74, 6) is 0.371. The van der Waals surface area contributed by atoms with Gasteiger partial charge in [0.25, 0.3) is 5.91 Å². The molecule has 136 valence electrons. The van der Waals surface area contributed by atoms with Gasteiger partial charge in [0.1, 0.15) is 11.6 Å². The van der Waals surface area contributed by atoms with Gasteiger partial charge in [-0.2, -0.15) is 0 Å². The lowest BCUT2D eigenvalue weighted by Crippen LogP contribution is -2.50. The monoisotopic (exact) mass is 355 g/mol. The van der Waals surface area contributed by atoms with Gasteiger partial charge in [-0.1, -0.05) is 17.7 Å². The van der Waals surface area contributed by atoms with Gasteiger partial charge in [-0.15, -0.1) is 0 Å². The molecule has 1 aliphatic rings. The van der Waals surface area contributed by atoms with E-state index in [1.807, 2.05) is 36.1 Å². The van der Waals surface area contributed by atoms with Gasteiger partial charge in [0.15, 0.2) is 6.61 Å². The zero-order chi connectivity index (χ0) is 18.5. The number of carbonyl (C=O) groups is 2. The summed E-state index contributed by atoms with van der Waals surface area (Å²) in [6.07, 6.45) is 1.35. The van der Waals surface area contributed by atoms with Gasteiger partial charge in [0.2, 0.25) is 0 Å². The summed E-state index contributed by atoms with van der Waals surface area (Å²) >= 11 is 0. The van der Waals surface area contributed by atoms with E-state index in [1.165, 1.54) is 12.3 Å². The predicted molar refractivity (Wildman–Crippen MR) is 96.7 cm³/mol. The fourth-order valence-electron chi connectivity index (χ4n) is 2.76. The number of benzene rings is 1. The molecule has 0 radical (unpaired) electrons. The highest BCUT2D eigenvalue weighted by atomic mass is 16.5. The van der Waals surface area contributed by atoms with Crippen molar-refractivity contribution >= 4 is 17.7 Å². The number of rotatable bonds is 5. The Bertz CT molecular complexity index is 766. The van der Waals surface area contributed by atoms with Crippen LogP contribution in [-0.2, 0) is 4.79 Å². The summed E-state index contributed by atoms with van der Waals surface area (Å²) in [6.45, 7) is 4.48. The van der Waals surface area contributed by atoms with Crippen molar-refractivity contribution in [3.05, 3.63) is 53.7 Å². The van der Waals surface area contributed by atoms with E-state index in [0.717, 1.165) is 11.4 Å². The van der Waals surface area contributed by atoms with Crippen LogP contribution >= 0.6 is 0 Å². The molecule has 1 fully saturated rings. The Balaban J connectivity index is 1.48. The highest BCUT2D eigenvalue weighted by molar-refractivity contribution is 5.87. The molecule has 2 aromatic rings. The van der Waals surface area contributed by atoms with Crippen molar-refractivity contribution in [2.24, 2.45) is 0 Å². The van der Waals surface area contributed by atoms with Crippen LogP contribution in [0.1, 0.15) is 15.9 Å². The maximum atomic E-state index is 12.3. The number of anilines is 1. The first kappa shape index (κ1) is 17.7. The highest BCUT2D eigenvalue weighted by Gasteiger charge is 2.22. The van der Waals surface area contributed by atoms with Gasteiger partial charge in [-0.25, -0.2) is 9.78 Å². The maximum absolute atomic E-state index is 12.3. The summed E-state index contributed by atoms with van der Waals surface area (Å²) in [4.78, 5) is 31.2. The van der Waals surface area contributed by atoms with Gasteiger partial charge in [0, 0.05) is 32.4 Å². The second-order valence-corrected chi connectivity index (χ2v) is 6.18. The summed E-state index contributed by atoms with van der Waals surface area (Å²) in [7, 11) is 0. The summed E-state index contributed by atoms with van der Waals surface area (Å²) < 4.78 is 5.55. The van der Waals surface area contributed by atoms with Gasteiger partial charge in [-0.05, 0) is 31.2 Å². The van der Waals surface area contributed by atoms with E-state index in [0.29, 0.717) is 31.9 Å². The SMILES string of the molecule is Cc1ccc(OCC(=O)N2CCN(c3ccc(C(=O)O)cn3)CC2)cc1. The first-order chi connectivity index (χ1) is 12.5. The molecule has 26 heavy (non-hydrogen) atoms. The van der Waals surface area contributed by atoms with Gasteiger partial charge < -0.3 is 19.6 Å². The molecule has 1 aliphatic heterocycles. The lowest BCUT2D eigenvalue weighted by atomic mass is 10.2. The normalized spacial score (nSPS) is 14.2. The molecule has 0 atom stereocenters. The van der Waals surface area contributed by atoms with Crippen LogP contribution < -0.4 is 9.64 Å². The number of aromatic carboxylic acids is 1. The van der Waals surface area contributed by atoms with E-state index in [-0.39, 0.29) is 18.1 Å². The molecular weight excluding hydrogens is 334 g/mol. The Morgan fingerprint density at radius 3 is 2.35 bits per heavy atom. The van der Waals surface area contributed by atoms with Crippen LogP contribution in [0.3, 0.4) is 0 Å². The Morgan fingerprint density at radius 2 is 1.77 bits per heavy atom. The number of piperazine rings is 1. The zero-order valence-corrected chi connectivity index (χ0v) is 14.6. The molecule has 2 heterocycles. The molecule has 0 bridgehead atoms. The molecule has 1 aromatic carbocycles. The maximum Gasteiger partial charge on any atom is 0.337 e. The van der Waals surface area contributed by atoms with Crippen molar-refractivity contribution in [3.8, 4) is 5.75 Å². The zero-order valence-electron chi connectivity index (χ0n) is 14.6. The summed E-state index contributed by atoms with van der Waals surface area (Å²) in [5.41, 5.74) is 1.31. The number of amides is 1. The van der Waals surface area contributed by atoms with Crippen LogP contribution in [0.5, 0.6) is 5.75 Å². The topological polar surface area (TPSA) is 83.0 Å². The van der Waals surface area contributed by atoms with E-state index in [1.54, 1.807) is 11.0 Å². The molecule has 7 heteroatoms. The van der Waals surface area contributed by atoms with Gasteiger partial charge in [0.05, 0.1) is 5.56 Å². The molecule has 1 saturated heterocycles. The second-order valence-electron chi connectivity index (χ2n) is 6.18. The predicted octanol–water partition coefficient (Wildman–Crippen LogP) is 1.82. The molecular formula is C19H21N3O4. The molecule has 3 rings (SSSR count). The van der Waals surface area contributed by atoms with Crippen LogP contribution in [0.4, 0.5) is 5.82 Å². The summed E-state index contributed by atoms with van der Waals surface area (Å²) in [5, 5.41) is 8.92. The van der Waals surface area contributed by atoms with Crippen molar-refractivity contribution in [2.75, 3.05) is 37.7 Å². The third kappa shape index (κ3) is 4.30. The first-order valence-corrected chi connectivity index (χ1v) is 8.44. The number of ether oxygens (including phenoxy) is 1. The first-order valence-electron chi connectivity index (χ1n) is 8.44. The minimum atomic E-state index is -0.993. The lowest BCUT2D eigenvalue weighted by Gasteiger charge is -2.35. The third-order valence-corrected chi connectivity index (χ3v) is 4.33. The molecule has 0 aliphatic carbocycles. The number of carboxylic acids is 1. The van der Waals surface area contributed by atoms with Gasteiger partial charge >= 0.3 is 5.97 Å². The number of aryl methyl sites for hydroxylation is 1. The van der Waals surface area contributed by atoms with E-state index < -0.39 is 5.97 Å². The fraction of sp³-hybridized carbons (Fsp3) is 0.316. The number of hydrogen-bond donors (Lipinski definition) is 1. The average molecular weight is 355 g/mol. The van der Waals surface area contributed by atoms with Crippen LogP contribution in [0.25, 0.3) is 0 Å². The van der Waals surface area contributed by atoms with Crippen molar-refractivity contribution < 1.29 is 19.4 Å². The quantitative estimate of drug-likeness (QED) is 0.881. The molecule has 0 unspecified atom stereocenters. The number of carbonyl (C=O) groups excluding carboxylic acids is 1. The van der Waals surface area contributed by atoms with E-state index >= 15 is 0 Å². The second kappa shape index (κ2) is 7.86. The molecule has 7 nitrogen and oxygen atoms in total. The average Bonchev–Trinajstić information content (AvgIpc) is 2.67. The number of hydrogen-bond acceptors (Lipinski definition) is 5. The number of carboxylic acid groups (broad SMARTS) is 1. The smallest absolute Gasteiger partial charge is 0.337 e. The van der Waals surface area contributed by atoms with Crippen molar-refractivity contribution in [3.63, 3.8) is 0 Å². The van der Waals surface area contributed by atoms with Crippen LogP contribution in [0, 0.1) is 6.92 Å². The number of nitrogens with zero attached hydrogens (tertiary/aromatic N) is 3. The summed E-state index contributed by atoms with van der Waals surface area (Å²) in [6, 6.07) is 10.8. The Kier molecular flexibility index (Phi) is 5.36. The van der Waals surface area contributed by atoms with E-state index in [9.17, 15) is 9.59 Å². The van der Waals surface area contributed by atoms with Crippen LogP contribution in [0.15, 0.2) is 42.6 Å². The Labute approximate surface area is 151 Å². The van der Waals surface area contributed by atoms with Crippen molar-refractivity contribution in [1.29, 1.82) is 0 Å². The molecule has 0 spiro atoms. The van der Waals surface area contributed by atoms with Gasteiger partial charge in [-0.3, -0.25) is 4.79 Å². The highest BCUT2D eigenvalue weighted by Crippen LogP contribution is 2.15. The minimum Gasteiger partial charge on any atom is -0.484 e. The van der Waals surface area contributed by atoms with Crippen molar-refractivity contribution in [2.45, 2.75) is 6.92 Å². The van der Waals surface area contributed by atoms with E-state index in [2.05, 4.69) is 4.98 Å². The minimum absolute atomic E-state index is 0.0224. The standard InChI is InChI=1S/C19H21N3O4/c1-14-2-5-16(6-3-14)26-13-18(23)22-10-8-21(9-11-22)17-7-4-15(12-20-17)19(24)25/h2-7,12H,8-11,13H2,1H3,(H,24,25).